The topological polar surface area (TPSA) is 57.0 Å². The van der Waals surface area contributed by atoms with Crippen LogP contribution in [0.1, 0.15) is 18.4 Å². The molecule has 4 aromatic rings. The summed E-state index contributed by atoms with van der Waals surface area (Å²) < 4.78 is 9.33. The Morgan fingerprint density at radius 3 is 2.93 bits per heavy atom. The maximum absolute atomic E-state index is 13.4. The van der Waals surface area contributed by atoms with E-state index in [9.17, 15) is 4.79 Å². The highest BCUT2D eigenvalue weighted by molar-refractivity contribution is 9.10. The van der Waals surface area contributed by atoms with Gasteiger partial charge < -0.3 is 4.74 Å². The molecule has 0 N–H and O–H groups in total. The molecule has 4 heterocycles. The summed E-state index contributed by atoms with van der Waals surface area (Å²) >= 11 is 6.49. The highest BCUT2D eigenvalue weighted by Crippen LogP contribution is 2.31. The second-order valence-electron chi connectivity index (χ2n) is 7.00. The first-order valence-corrected chi connectivity index (χ1v) is 12.1. The Morgan fingerprint density at radius 2 is 2.14 bits per heavy atom. The number of thioether (sulfide) groups is 1. The number of hydrogen-bond donors (Lipinski definition) is 0. The minimum Gasteiger partial charge on any atom is -0.376 e. The summed E-state index contributed by atoms with van der Waals surface area (Å²) in [5, 5.41) is 1.68. The molecule has 1 aliphatic rings. The van der Waals surface area contributed by atoms with E-state index in [1.165, 1.54) is 16.9 Å². The number of hydrogen-bond acceptors (Lipinski definition) is 6. The molecule has 148 valence electrons. The Hall–Kier alpha value is -1.74. The third kappa shape index (κ3) is 3.86. The Morgan fingerprint density at radius 1 is 1.28 bits per heavy atom. The van der Waals surface area contributed by atoms with E-state index in [1.807, 2.05) is 24.3 Å². The molecule has 5 rings (SSSR count). The molecular weight excluding hydrogens is 470 g/mol. The van der Waals surface area contributed by atoms with E-state index in [2.05, 4.69) is 33.0 Å². The molecule has 0 radical (unpaired) electrons. The highest BCUT2D eigenvalue weighted by atomic mass is 79.9. The molecule has 1 atom stereocenters. The molecule has 0 aliphatic carbocycles. The van der Waals surface area contributed by atoms with Crippen LogP contribution in [-0.4, -0.2) is 27.2 Å². The lowest BCUT2D eigenvalue weighted by atomic mass is 10.2. The minimum atomic E-state index is 0.00630. The fourth-order valence-corrected chi connectivity index (χ4v) is 5.79. The summed E-state index contributed by atoms with van der Waals surface area (Å²) in [6, 6.07) is 12.1. The van der Waals surface area contributed by atoms with Crippen molar-refractivity contribution in [1.29, 1.82) is 0 Å². The summed E-state index contributed by atoms with van der Waals surface area (Å²) in [7, 11) is 0. The lowest BCUT2D eigenvalue weighted by Gasteiger charge is -2.15. The molecule has 8 heteroatoms. The predicted octanol–water partition coefficient (Wildman–Crippen LogP) is 5.24. The molecule has 0 bridgehead atoms. The molecule has 29 heavy (non-hydrogen) atoms. The average Bonchev–Trinajstić information content (AvgIpc) is 3.38. The zero-order valence-electron chi connectivity index (χ0n) is 15.5. The largest absolute Gasteiger partial charge is 0.376 e. The van der Waals surface area contributed by atoms with Crippen LogP contribution in [-0.2, 0) is 17.0 Å². The molecule has 1 aromatic carbocycles. The molecule has 5 nitrogen and oxygen atoms in total. The van der Waals surface area contributed by atoms with Crippen molar-refractivity contribution < 1.29 is 4.74 Å². The second-order valence-corrected chi connectivity index (χ2v) is 9.85. The number of nitrogens with zero attached hydrogens (tertiary/aromatic N) is 3. The molecule has 1 fully saturated rings. The Balaban J connectivity index is 1.58. The van der Waals surface area contributed by atoms with Crippen LogP contribution in [0.15, 0.2) is 57.0 Å². The number of halogens is 1. The van der Waals surface area contributed by atoms with Crippen molar-refractivity contribution in [2.24, 2.45) is 0 Å². The van der Waals surface area contributed by atoms with Gasteiger partial charge in [0.25, 0.3) is 5.56 Å². The molecule has 0 amide bonds. The first-order chi connectivity index (χ1) is 14.2. The molecule has 0 spiro atoms. The number of pyridine rings is 1. The fraction of sp³-hybridized carbons (Fsp3) is 0.286. The van der Waals surface area contributed by atoms with Crippen molar-refractivity contribution in [2.45, 2.75) is 36.4 Å². The second kappa shape index (κ2) is 8.18. The maximum atomic E-state index is 13.4. The first kappa shape index (κ1) is 19.2. The van der Waals surface area contributed by atoms with Crippen LogP contribution in [0.3, 0.4) is 0 Å². The zero-order chi connectivity index (χ0) is 19.8. The van der Waals surface area contributed by atoms with E-state index in [0.29, 0.717) is 11.2 Å². The third-order valence-corrected chi connectivity index (χ3v) is 7.68. The summed E-state index contributed by atoms with van der Waals surface area (Å²) in [6.45, 7) is 1.31. The van der Waals surface area contributed by atoms with Crippen LogP contribution in [0.2, 0.25) is 0 Å². The zero-order valence-corrected chi connectivity index (χ0v) is 18.7. The van der Waals surface area contributed by atoms with E-state index in [1.54, 1.807) is 22.5 Å². The van der Waals surface area contributed by atoms with Crippen molar-refractivity contribution >= 4 is 59.5 Å². The number of aromatic nitrogens is 3. The summed E-state index contributed by atoms with van der Waals surface area (Å²) in [4.78, 5) is 23.6. The van der Waals surface area contributed by atoms with Gasteiger partial charge in [-0.15, -0.1) is 11.3 Å². The Kier molecular flexibility index (Phi) is 5.43. The normalized spacial score (nSPS) is 16.8. The predicted molar refractivity (Wildman–Crippen MR) is 122 cm³/mol. The monoisotopic (exact) mass is 487 g/mol. The van der Waals surface area contributed by atoms with Crippen molar-refractivity contribution in [3.63, 3.8) is 0 Å². The van der Waals surface area contributed by atoms with E-state index < -0.39 is 0 Å². The van der Waals surface area contributed by atoms with Crippen LogP contribution in [0.4, 0.5) is 0 Å². The van der Waals surface area contributed by atoms with Gasteiger partial charge in [-0.25, -0.2) is 9.97 Å². The summed E-state index contributed by atoms with van der Waals surface area (Å²) in [6.07, 6.45) is 3.86. The van der Waals surface area contributed by atoms with Gasteiger partial charge in [-0.05, 0) is 42.7 Å². The number of rotatable bonds is 5. The van der Waals surface area contributed by atoms with Gasteiger partial charge in [0.15, 0.2) is 5.16 Å². The summed E-state index contributed by atoms with van der Waals surface area (Å²) in [5.74, 6) is 0.747. The quantitative estimate of drug-likeness (QED) is 0.284. The van der Waals surface area contributed by atoms with Crippen LogP contribution in [0.5, 0.6) is 0 Å². The van der Waals surface area contributed by atoms with Gasteiger partial charge in [0.2, 0.25) is 0 Å². The van der Waals surface area contributed by atoms with Gasteiger partial charge >= 0.3 is 0 Å². The van der Waals surface area contributed by atoms with Gasteiger partial charge in [0, 0.05) is 28.4 Å². The van der Waals surface area contributed by atoms with E-state index in [-0.39, 0.29) is 11.7 Å². The lowest BCUT2D eigenvalue weighted by molar-refractivity contribution is 0.0938. The Labute approximate surface area is 184 Å². The number of thiophene rings is 1. The van der Waals surface area contributed by atoms with Gasteiger partial charge in [0.1, 0.15) is 9.53 Å². The van der Waals surface area contributed by atoms with E-state index in [0.717, 1.165) is 50.6 Å². The van der Waals surface area contributed by atoms with Crippen LogP contribution < -0.4 is 5.56 Å². The lowest BCUT2D eigenvalue weighted by Crippen LogP contribution is -2.28. The first-order valence-electron chi connectivity index (χ1n) is 9.46. The maximum Gasteiger partial charge on any atom is 0.272 e. The Bertz CT molecular complexity index is 1230. The van der Waals surface area contributed by atoms with Gasteiger partial charge in [-0.1, -0.05) is 39.8 Å². The average molecular weight is 488 g/mol. The number of fused-ring (bicyclic) bond motifs is 3. The van der Waals surface area contributed by atoms with Crippen molar-refractivity contribution in [3.8, 4) is 0 Å². The third-order valence-electron chi connectivity index (χ3n) is 5.01. The van der Waals surface area contributed by atoms with Crippen LogP contribution in [0.25, 0.3) is 20.4 Å². The molecule has 1 unspecified atom stereocenters. The van der Waals surface area contributed by atoms with Gasteiger partial charge in [-0.3, -0.25) is 9.36 Å². The van der Waals surface area contributed by atoms with Crippen molar-refractivity contribution in [3.05, 3.63) is 63.0 Å². The molecule has 1 saturated heterocycles. The van der Waals surface area contributed by atoms with E-state index >= 15 is 0 Å². The highest BCUT2D eigenvalue weighted by Gasteiger charge is 2.22. The SMILES string of the molecule is O=c1c2sc3ncccc3c2nc(SCc2ccc(Br)cc2)n1CC1CCCO1. The molecule has 1 aliphatic heterocycles. The smallest absolute Gasteiger partial charge is 0.272 e. The van der Waals surface area contributed by atoms with Gasteiger partial charge in [0.05, 0.1) is 18.2 Å². The van der Waals surface area contributed by atoms with Gasteiger partial charge in [-0.2, -0.15) is 0 Å². The van der Waals surface area contributed by atoms with Crippen LogP contribution in [0, 0.1) is 0 Å². The molecular formula is C21H18BrN3O2S2. The number of benzene rings is 1. The van der Waals surface area contributed by atoms with Crippen molar-refractivity contribution in [1.82, 2.24) is 14.5 Å². The standard InChI is InChI=1S/C21H18BrN3O2S2/c22-14-7-5-13(6-8-14)12-28-21-24-17-16-4-1-9-23-19(16)29-18(17)20(26)25(21)11-15-3-2-10-27-15/h1,4-9,15H,2-3,10-12H2. The number of ether oxygens (including phenoxy) is 1. The fourth-order valence-electron chi connectivity index (χ4n) is 3.53. The summed E-state index contributed by atoms with van der Waals surface area (Å²) in [5.41, 5.74) is 1.95. The van der Waals surface area contributed by atoms with Crippen LogP contribution >= 0.6 is 39.0 Å². The molecule has 0 saturated carbocycles. The van der Waals surface area contributed by atoms with E-state index in [4.69, 9.17) is 9.72 Å². The molecule has 3 aromatic heterocycles. The van der Waals surface area contributed by atoms with Crippen molar-refractivity contribution in [2.75, 3.05) is 6.61 Å². The minimum absolute atomic E-state index is 0.00630.